The molecule has 1 N–H and O–H groups in total. The van der Waals surface area contributed by atoms with E-state index in [2.05, 4.69) is 27.6 Å². The molecule has 0 aliphatic heterocycles. The van der Waals surface area contributed by atoms with Crippen LogP contribution in [0.5, 0.6) is 0 Å². The number of aryl methyl sites for hydroxylation is 1. The predicted octanol–water partition coefficient (Wildman–Crippen LogP) is 1.40. The van der Waals surface area contributed by atoms with Crippen molar-refractivity contribution in [2.45, 2.75) is 6.10 Å². The van der Waals surface area contributed by atoms with Gasteiger partial charge in [-0.05, 0) is 22.0 Å². The molecule has 0 fully saturated rings. The molecule has 1 heterocycles. The highest BCUT2D eigenvalue weighted by atomic mass is 79.9. The van der Waals surface area contributed by atoms with Crippen LogP contribution in [0.3, 0.4) is 0 Å². The lowest BCUT2D eigenvalue weighted by atomic mass is 10.2. The fourth-order valence-corrected chi connectivity index (χ4v) is 1.32. The van der Waals surface area contributed by atoms with Gasteiger partial charge in [0.15, 0.2) is 0 Å². The van der Waals surface area contributed by atoms with Gasteiger partial charge in [-0.25, -0.2) is 0 Å². The average molecular weight is 217 g/mol. The first-order valence-corrected chi connectivity index (χ1v) is 3.94. The van der Waals surface area contributed by atoms with Gasteiger partial charge in [0.25, 0.3) is 0 Å². The quantitative estimate of drug-likeness (QED) is 0.760. The molecule has 0 aliphatic carbocycles. The van der Waals surface area contributed by atoms with E-state index >= 15 is 0 Å². The molecule has 1 unspecified atom stereocenters. The van der Waals surface area contributed by atoms with Crippen molar-refractivity contribution >= 4 is 15.9 Å². The number of halogens is 1. The Kier molecular flexibility index (Phi) is 2.46. The van der Waals surface area contributed by atoms with E-state index in [4.69, 9.17) is 0 Å². The number of hydrogen-bond acceptors (Lipinski definition) is 2. The third kappa shape index (κ3) is 1.70. The van der Waals surface area contributed by atoms with E-state index in [1.165, 1.54) is 6.08 Å². The van der Waals surface area contributed by atoms with Crippen LogP contribution < -0.4 is 0 Å². The van der Waals surface area contributed by atoms with Crippen molar-refractivity contribution in [3.8, 4) is 0 Å². The molecule has 1 atom stereocenters. The molecule has 0 aromatic carbocycles. The third-order valence-corrected chi connectivity index (χ3v) is 1.80. The average Bonchev–Trinajstić information content (AvgIpc) is 2.28. The Bertz CT molecular complexity index is 269. The molecule has 1 aromatic heterocycles. The van der Waals surface area contributed by atoms with Crippen LogP contribution in [0, 0.1) is 0 Å². The highest BCUT2D eigenvalue weighted by Gasteiger charge is 2.08. The molecule has 3 nitrogen and oxygen atoms in total. The molecule has 0 bridgehead atoms. The van der Waals surface area contributed by atoms with Gasteiger partial charge in [0.1, 0.15) is 10.7 Å². The van der Waals surface area contributed by atoms with E-state index in [0.29, 0.717) is 0 Å². The third-order valence-electron chi connectivity index (χ3n) is 1.41. The molecule has 0 radical (unpaired) electrons. The summed E-state index contributed by atoms with van der Waals surface area (Å²) in [5, 5.41) is 13.3. The lowest BCUT2D eigenvalue weighted by Crippen LogP contribution is -2.02. The first-order valence-electron chi connectivity index (χ1n) is 3.15. The normalized spacial score (nSPS) is 13.0. The molecular formula is C7H9BrN2O. The molecule has 1 aromatic rings. The maximum Gasteiger partial charge on any atom is 0.128 e. The van der Waals surface area contributed by atoms with Gasteiger partial charge in [0.05, 0.1) is 5.69 Å². The lowest BCUT2D eigenvalue weighted by molar-refractivity contribution is 0.218. The van der Waals surface area contributed by atoms with Crippen molar-refractivity contribution in [2.75, 3.05) is 0 Å². The second-order valence-electron chi connectivity index (χ2n) is 2.20. The van der Waals surface area contributed by atoms with Crippen LogP contribution in [0.15, 0.2) is 23.3 Å². The second kappa shape index (κ2) is 3.19. The van der Waals surface area contributed by atoms with E-state index in [-0.39, 0.29) is 0 Å². The molecule has 4 heteroatoms. The molecule has 0 saturated heterocycles. The van der Waals surface area contributed by atoms with Gasteiger partial charge in [0.2, 0.25) is 0 Å². The van der Waals surface area contributed by atoms with E-state index in [0.717, 1.165) is 10.3 Å². The minimum Gasteiger partial charge on any atom is -0.383 e. The summed E-state index contributed by atoms with van der Waals surface area (Å²) in [7, 11) is 1.77. The van der Waals surface area contributed by atoms with Crippen molar-refractivity contribution in [1.82, 2.24) is 9.78 Å². The minimum atomic E-state index is -0.640. The highest BCUT2D eigenvalue weighted by Crippen LogP contribution is 2.17. The van der Waals surface area contributed by atoms with Gasteiger partial charge in [-0.1, -0.05) is 6.08 Å². The van der Waals surface area contributed by atoms with E-state index < -0.39 is 6.10 Å². The summed E-state index contributed by atoms with van der Waals surface area (Å²) >= 11 is 3.20. The molecule has 0 amide bonds. The van der Waals surface area contributed by atoms with Gasteiger partial charge in [-0.3, -0.25) is 4.68 Å². The molecule has 0 aliphatic rings. The van der Waals surface area contributed by atoms with Crippen LogP contribution in [-0.2, 0) is 7.05 Å². The van der Waals surface area contributed by atoms with Gasteiger partial charge < -0.3 is 5.11 Å². The summed E-state index contributed by atoms with van der Waals surface area (Å²) in [5.74, 6) is 0. The summed E-state index contributed by atoms with van der Waals surface area (Å²) in [5.41, 5.74) is 0.729. The Morgan fingerprint density at radius 3 is 2.91 bits per heavy atom. The monoisotopic (exact) mass is 216 g/mol. The Labute approximate surface area is 73.5 Å². The van der Waals surface area contributed by atoms with Crippen LogP contribution in [0.25, 0.3) is 0 Å². The van der Waals surface area contributed by atoms with Gasteiger partial charge in [0, 0.05) is 7.05 Å². The van der Waals surface area contributed by atoms with E-state index in [1.54, 1.807) is 17.8 Å². The maximum absolute atomic E-state index is 9.32. The Balaban J connectivity index is 3.02. The summed E-state index contributed by atoms with van der Waals surface area (Å²) in [6.07, 6.45) is 0.822. The highest BCUT2D eigenvalue weighted by molar-refractivity contribution is 9.10. The minimum absolute atomic E-state index is 0.640. The molecule has 1 rings (SSSR count). The zero-order valence-electron chi connectivity index (χ0n) is 6.16. The molecular weight excluding hydrogens is 208 g/mol. The molecule has 0 saturated carbocycles. The fraction of sp³-hybridized carbons (Fsp3) is 0.286. The van der Waals surface area contributed by atoms with Crippen LogP contribution in [0.4, 0.5) is 0 Å². The Morgan fingerprint density at radius 2 is 2.55 bits per heavy atom. The lowest BCUT2D eigenvalue weighted by Gasteiger charge is -2.03. The smallest absolute Gasteiger partial charge is 0.128 e. The number of aliphatic hydroxyl groups excluding tert-OH is 1. The van der Waals surface area contributed by atoms with Crippen LogP contribution in [-0.4, -0.2) is 14.9 Å². The largest absolute Gasteiger partial charge is 0.383 e. The first kappa shape index (κ1) is 8.49. The Morgan fingerprint density at radius 1 is 1.91 bits per heavy atom. The summed E-state index contributed by atoms with van der Waals surface area (Å²) < 4.78 is 2.33. The number of hydrogen-bond donors (Lipinski definition) is 1. The van der Waals surface area contributed by atoms with Crippen LogP contribution in [0.1, 0.15) is 11.8 Å². The predicted molar refractivity (Wildman–Crippen MR) is 46.1 cm³/mol. The summed E-state index contributed by atoms with van der Waals surface area (Å²) in [6.45, 7) is 3.48. The van der Waals surface area contributed by atoms with Gasteiger partial charge >= 0.3 is 0 Å². The number of aliphatic hydroxyl groups is 1. The first-order chi connectivity index (χ1) is 5.15. The molecule has 60 valence electrons. The zero-order valence-corrected chi connectivity index (χ0v) is 7.74. The van der Waals surface area contributed by atoms with Crippen LogP contribution in [0.2, 0.25) is 0 Å². The number of nitrogens with zero attached hydrogens (tertiary/aromatic N) is 2. The Hall–Kier alpha value is -0.610. The second-order valence-corrected chi connectivity index (χ2v) is 3.01. The van der Waals surface area contributed by atoms with Gasteiger partial charge in [-0.15, -0.1) is 6.58 Å². The standard InChI is InChI=1S/C7H9BrN2O/c1-3-6(11)5-4-7(8)9-10(5)2/h3-4,6,11H,1H2,2H3. The van der Waals surface area contributed by atoms with Crippen molar-refractivity contribution in [3.05, 3.63) is 29.0 Å². The van der Waals surface area contributed by atoms with Crippen molar-refractivity contribution in [3.63, 3.8) is 0 Å². The summed E-state index contributed by atoms with van der Waals surface area (Å²) in [4.78, 5) is 0. The van der Waals surface area contributed by atoms with Crippen molar-refractivity contribution < 1.29 is 5.11 Å². The zero-order chi connectivity index (χ0) is 8.43. The number of aromatic nitrogens is 2. The number of rotatable bonds is 2. The fourth-order valence-electron chi connectivity index (χ4n) is 0.843. The van der Waals surface area contributed by atoms with Gasteiger partial charge in [-0.2, -0.15) is 5.10 Å². The van der Waals surface area contributed by atoms with Crippen molar-refractivity contribution in [1.29, 1.82) is 0 Å². The summed E-state index contributed by atoms with van der Waals surface area (Å²) in [6, 6.07) is 1.76. The SMILES string of the molecule is C=CC(O)c1cc(Br)nn1C. The van der Waals surface area contributed by atoms with E-state index in [9.17, 15) is 5.11 Å². The molecule has 0 spiro atoms. The van der Waals surface area contributed by atoms with E-state index in [1.807, 2.05) is 0 Å². The maximum atomic E-state index is 9.32. The van der Waals surface area contributed by atoms with Crippen molar-refractivity contribution in [2.24, 2.45) is 7.05 Å². The molecule has 11 heavy (non-hydrogen) atoms. The van der Waals surface area contributed by atoms with Crippen LogP contribution >= 0.6 is 15.9 Å². The topological polar surface area (TPSA) is 38.1 Å².